The molecule has 0 heterocycles. The summed E-state index contributed by atoms with van der Waals surface area (Å²) in [5.41, 5.74) is 0.293. The minimum absolute atomic E-state index is 0.331. The van der Waals surface area contributed by atoms with Crippen LogP contribution >= 0.6 is 0 Å². The molecule has 0 bridgehead atoms. The Balaban J connectivity index is 2.66. The Bertz CT molecular complexity index is 600. The van der Waals surface area contributed by atoms with Crippen LogP contribution < -0.4 is 9.47 Å². The topological polar surface area (TPSA) is 74.2 Å². The van der Waals surface area contributed by atoms with Gasteiger partial charge in [-0.2, -0.15) is 4.99 Å². The van der Waals surface area contributed by atoms with Gasteiger partial charge < -0.3 is 14.2 Å². The van der Waals surface area contributed by atoms with Crippen molar-refractivity contribution in [3.05, 3.63) is 23.3 Å². The van der Waals surface area contributed by atoms with Crippen molar-refractivity contribution in [2.45, 2.75) is 24.8 Å². The number of esters is 1. The second-order valence-corrected chi connectivity index (χ2v) is 4.84. The second-order valence-electron chi connectivity index (χ2n) is 4.84. The standard InChI is InChI=1S/C15H17NO5/c1-19-12-8-10(14(18)21-3)7-11(13(12)20-2)15(16-9-17)5-4-6-15/h7-8H,4-6H2,1-3H3. The molecule has 21 heavy (non-hydrogen) atoms. The minimum atomic E-state index is -0.690. The van der Waals surface area contributed by atoms with Crippen molar-refractivity contribution in [2.24, 2.45) is 4.99 Å². The first-order chi connectivity index (χ1) is 10.1. The van der Waals surface area contributed by atoms with E-state index in [2.05, 4.69) is 4.99 Å². The quantitative estimate of drug-likeness (QED) is 0.472. The van der Waals surface area contributed by atoms with Crippen LogP contribution in [-0.4, -0.2) is 33.4 Å². The van der Waals surface area contributed by atoms with Gasteiger partial charge in [0, 0.05) is 5.56 Å². The first-order valence-electron chi connectivity index (χ1n) is 6.55. The summed E-state index contributed by atoms with van der Waals surface area (Å²) in [5.74, 6) is 0.397. The SMILES string of the molecule is COC(=O)c1cc(OC)c(OC)c(C2(N=C=O)CCC2)c1. The Morgan fingerprint density at radius 3 is 2.38 bits per heavy atom. The maximum atomic E-state index is 11.8. The van der Waals surface area contributed by atoms with Crippen molar-refractivity contribution in [2.75, 3.05) is 21.3 Å². The van der Waals surface area contributed by atoms with Crippen molar-refractivity contribution < 1.29 is 23.8 Å². The second kappa shape index (κ2) is 5.97. The molecular weight excluding hydrogens is 274 g/mol. The zero-order valence-corrected chi connectivity index (χ0v) is 12.3. The van der Waals surface area contributed by atoms with Crippen molar-refractivity contribution in [1.82, 2.24) is 0 Å². The fourth-order valence-electron chi connectivity index (χ4n) is 2.59. The van der Waals surface area contributed by atoms with Crippen molar-refractivity contribution >= 4 is 12.0 Å². The van der Waals surface area contributed by atoms with Gasteiger partial charge in [0.2, 0.25) is 6.08 Å². The van der Waals surface area contributed by atoms with Crippen LogP contribution in [0.4, 0.5) is 0 Å². The predicted octanol–water partition coefficient (Wildman–Crippen LogP) is 2.21. The van der Waals surface area contributed by atoms with Gasteiger partial charge in [0.25, 0.3) is 0 Å². The van der Waals surface area contributed by atoms with Gasteiger partial charge in [0.1, 0.15) is 5.54 Å². The molecule has 1 aromatic carbocycles. The van der Waals surface area contributed by atoms with E-state index in [1.807, 2.05) is 0 Å². The number of nitrogens with zero attached hydrogens (tertiary/aromatic N) is 1. The largest absolute Gasteiger partial charge is 0.493 e. The Morgan fingerprint density at radius 2 is 1.95 bits per heavy atom. The maximum Gasteiger partial charge on any atom is 0.337 e. The van der Waals surface area contributed by atoms with Crippen molar-refractivity contribution in [1.29, 1.82) is 0 Å². The first-order valence-corrected chi connectivity index (χ1v) is 6.55. The van der Waals surface area contributed by atoms with Crippen molar-refractivity contribution in [3.8, 4) is 11.5 Å². The summed E-state index contributed by atoms with van der Waals surface area (Å²) < 4.78 is 15.4. The molecule has 0 N–H and O–H groups in total. The summed E-state index contributed by atoms with van der Waals surface area (Å²) >= 11 is 0. The summed E-state index contributed by atoms with van der Waals surface area (Å²) in [6.45, 7) is 0. The molecule has 112 valence electrons. The lowest BCUT2D eigenvalue weighted by Crippen LogP contribution is -2.32. The lowest BCUT2D eigenvalue weighted by molar-refractivity contribution is 0.0600. The number of methoxy groups -OCH3 is 3. The number of hydrogen-bond donors (Lipinski definition) is 0. The van der Waals surface area contributed by atoms with Crippen LogP contribution in [0.1, 0.15) is 35.2 Å². The molecule has 2 rings (SSSR count). The normalized spacial score (nSPS) is 15.4. The third-order valence-corrected chi connectivity index (χ3v) is 3.84. The highest BCUT2D eigenvalue weighted by molar-refractivity contribution is 5.90. The van der Waals surface area contributed by atoms with E-state index in [0.29, 0.717) is 35.5 Å². The smallest absolute Gasteiger partial charge is 0.337 e. The van der Waals surface area contributed by atoms with Gasteiger partial charge in [-0.15, -0.1) is 0 Å². The van der Waals surface area contributed by atoms with E-state index in [-0.39, 0.29) is 0 Å². The summed E-state index contributed by atoms with van der Waals surface area (Å²) in [7, 11) is 4.30. The zero-order valence-electron chi connectivity index (χ0n) is 12.3. The lowest BCUT2D eigenvalue weighted by Gasteiger charge is -2.38. The van der Waals surface area contributed by atoms with Crippen LogP contribution in [-0.2, 0) is 15.1 Å². The summed E-state index contributed by atoms with van der Waals surface area (Å²) in [6, 6.07) is 3.19. The fraction of sp³-hybridized carbons (Fsp3) is 0.467. The molecule has 1 saturated carbocycles. The number of aliphatic imine (C=N–C) groups is 1. The molecule has 0 amide bonds. The van der Waals surface area contributed by atoms with E-state index in [9.17, 15) is 9.59 Å². The van der Waals surface area contributed by atoms with Crippen LogP contribution in [0.15, 0.2) is 17.1 Å². The molecule has 1 aromatic rings. The van der Waals surface area contributed by atoms with Crippen LogP contribution in [0.2, 0.25) is 0 Å². The molecule has 0 atom stereocenters. The predicted molar refractivity (Wildman–Crippen MR) is 74.5 cm³/mol. The molecule has 1 aliphatic rings. The van der Waals surface area contributed by atoms with Crippen LogP contribution in [0.3, 0.4) is 0 Å². The molecule has 0 radical (unpaired) electrons. The molecule has 6 nitrogen and oxygen atoms in total. The third kappa shape index (κ3) is 2.50. The van der Waals surface area contributed by atoms with Gasteiger partial charge in [-0.3, -0.25) is 0 Å². The molecule has 0 aromatic heterocycles. The highest BCUT2D eigenvalue weighted by Gasteiger charge is 2.42. The molecule has 0 saturated heterocycles. The molecule has 6 heteroatoms. The minimum Gasteiger partial charge on any atom is -0.493 e. The van der Waals surface area contributed by atoms with E-state index in [1.54, 1.807) is 18.2 Å². The Kier molecular flexibility index (Phi) is 4.29. The Morgan fingerprint density at radius 1 is 1.24 bits per heavy atom. The van der Waals surface area contributed by atoms with E-state index in [1.165, 1.54) is 21.3 Å². The highest BCUT2D eigenvalue weighted by Crippen LogP contribution is 2.50. The molecule has 0 unspecified atom stereocenters. The number of benzene rings is 1. The zero-order chi connectivity index (χ0) is 15.5. The monoisotopic (exact) mass is 291 g/mol. The number of isocyanates is 1. The van der Waals surface area contributed by atoms with Gasteiger partial charge >= 0.3 is 5.97 Å². The molecule has 0 aliphatic heterocycles. The number of hydrogen-bond acceptors (Lipinski definition) is 6. The number of carbonyl (C=O) groups is 1. The molecule has 1 fully saturated rings. The average Bonchev–Trinajstić information content (AvgIpc) is 2.48. The third-order valence-electron chi connectivity index (χ3n) is 3.84. The summed E-state index contributed by atoms with van der Waals surface area (Å²) in [5, 5.41) is 0. The molecule has 0 spiro atoms. The lowest BCUT2D eigenvalue weighted by atomic mass is 9.71. The van der Waals surface area contributed by atoms with Gasteiger partial charge in [0.15, 0.2) is 11.5 Å². The summed E-state index contributed by atoms with van der Waals surface area (Å²) in [6.07, 6.45) is 3.97. The molecular formula is C15H17NO5. The van der Waals surface area contributed by atoms with Gasteiger partial charge in [-0.25, -0.2) is 9.59 Å². The van der Waals surface area contributed by atoms with E-state index < -0.39 is 11.5 Å². The average molecular weight is 291 g/mol. The van der Waals surface area contributed by atoms with E-state index in [0.717, 1.165) is 6.42 Å². The number of carbonyl (C=O) groups excluding carboxylic acids is 2. The molecule has 1 aliphatic carbocycles. The van der Waals surface area contributed by atoms with Crippen molar-refractivity contribution in [3.63, 3.8) is 0 Å². The summed E-state index contributed by atoms with van der Waals surface area (Å²) in [4.78, 5) is 26.5. The number of rotatable bonds is 5. The van der Waals surface area contributed by atoms with Gasteiger partial charge in [-0.05, 0) is 31.4 Å². The van der Waals surface area contributed by atoms with Gasteiger partial charge in [-0.1, -0.05) is 0 Å². The van der Waals surface area contributed by atoms with E-state index in [4.69, 9.17) is 14.2 Å². The van der Waals surface area contributed by atoms with Gasteiger partial charge in [0.05, 0.1) is 26.9 Å². The maximum absolute atomic E-state index is 11.8. The first kappa shape index (κ1) is 15.1. The Hall–Kier alpha value is -2.33. The number of ether oxygens (including phenoxy) is 3. The van der Waals surface area contributed by atoms with Crippen LogP contribution in [0, 0.1) is 0 Å². The Labute approximate surface area is 122 Å². The van der Waals surface area contributed by atoms with Crippen LogP contribution in [0.5, 0.6) is 11.5 Å². The van der Waals surface area contributed by atoms with Crippen LogP contribution in [0.25, 0.3) is 0 Å². The van der Waals surface area contributed by atoms with E-state index >= 15 is 0 Å². The highest BCUT2D eigenvalue weighted by atomic mass is 16.5. The fourth-order valence-corrected chi connectivity index (χ4v) is 2.59.